The average Bonchev–Trinajstić information content (AvgIpc) is 3.24. The Morgan fingerprint density at radius 2 is 1.81 bits per heavy atom. The SMILES string of the molecule is Cc1ccc(C2=NN(C(=O)NCc3cnc(C(F)(F)F)nc3)CC2N2CCOCC2)cc1. The molecule has 0 saturated carbocycles. The Morgan fingerprint density at radius 1 is 1.16 bits per heavy atom. The molecule has 1 N–H and O–H groups in total. The van der Waals surface area contributed by atoms with Crippen molar-refractivity contribution in [2.75, 3.05) is 32.8 Å². The number of alkyl halides is 3. The number of hydrazone groups is 1. The summed E-state index contributed by atoms with van der Waals surface area (Å²) >= 11 is 0. The molecular weight excluding hydrogens is 425 g/mol. The van der Waals surface area contributed by atoms with E-state index < -0.39 is 18.0 Å². The fourth-order valence-electron chi connectivity index (χ4n) is 3.63. The second-order valence-electron chi connectivity index (χ2n) is 7.67. The van der Waals surface area contributed by atoms with Crippen molar-refractivity contribution in [2.45, 2.75) is 25.7 Å². The van der Waals surface area contributed by atoms with Crippen molar-refractivity contribution < 1.29 is 22.7 Å². The van der Waals surface area contributed by atoms with Gasteiger partial charge in [-0.15, -0.1) is 0 Å². The van der Waals surface area contributed by atoms with Crippen molar-refractivity contribution in [2.24, 2.45) is 5.10 Å². The molecule has 1 fully saturated rings. The second-order valence-corrected chi connectivity index (χ2v) is 7.67. The van der Waals surface area contributed by atoms with E-state index in [0.717, 1.165) is 42.3 Å². The minimum absolute atomic E-state index is 0.00885. The lowest BCUT2D eigenvalue weighted by Gasteiger charge is -2.32. The molecule has 1 aromatic heterocycles. The Balaban J connectivity index is 1.46. The van der Waals surface area contributed by atoms with Crippen LogP contribution in [0.4, 0.5) is 18.0 Å². The van der Waals surface area contributed by atoms with Crippen molar-refractivity contribution >= 4 is 11.7 Å². The number of morpholine rings is 1. The Kier molecular flexibility index (Phi) is 6.38. The number of hydrogen-bond donors (Lipinski definition) is 1. The van der Waals surface area contributed by atoms with Gasteiger partial charge in [0.1, 0.15) is 0 Å². The van der Waals surface area contributed by atoms with Gasteiger partial charge in [-0.05, 0) is 12.5 Å². The molecule has 8 nitrogen and oxygen atoms in total. The summed E-state index contributed by atoms with van der Waals surface area (Å²) in [6.07, 6.45) is -2.50. The molecule has 1 unspecified atom stereocenters. The molecule has 2 aliphatic rings. The van der Waals surface area contributed by atoms with Crippen LogP contribution in [0.1, 0.15) is 22.5 Å². The van der Waals surface area contributed by atoms with E-state index in [1.54, 1.807) is 0 Å². The number of nitrogens with one attached hydrogen (secondary N) is 1. The molecule has 2 amide bonds. The zero-order chi connectivity index (χ0) is 22.7. The smallest absolute Gasteiger partial charge is 0.379 e. The van der Waals surface area contributed by atoms with E-state index in [0.29, 0.717) is 25.3 Å². The zero-order valence-electron chi connectivity index (χ0n) is 17.5. The van der Waals surface area contributed by atoms with Crippen LogP contribution in [0.3, 0.4) is 0 Å². The largest absolute Gasteiger partial charge is 0.451 e. The van der Waals surface area contributed by atoms with Gasteiger partial charge in [-0.1, -0.05) is 29.8 Å². The molecule has 3 heterocycles. The molecule has 11 heteroatoms. The molecule has 0 radical (unpaired) electrons. The maximum Gasteiger partial charge on any atom is 0.451 e. The summed E-state index contributed by atoms with van der Waals surface area (Å²) in [6.45, 7) is 5.10. The van der Waals surface area contributed by atoms with Gasteiger partial charge < -0.3 is 10.1 Å². The molecule has 170 valence electrons. The van der Waals surface area contributed by atoms with Crippen LogP contribution in [0, 0.1) is 6.92 Å². The van der Waals surface area contributed by atoms with Crippen LogP contribution in [0.2, 0.25) is 0 Å². The number of halogens is 3. The standard InChI is InChI=1S/C21H23F3N6O2/c1-14-2-4-16(5-3-14)18-17(29-6-8-32-9-7-29)13-30(28-18)20(31)27-12-15-10-25-19(26-11-15)21(22,23)24/h2-5,10-11,17H,6-9,12-13H2,1H3,(H,27,31). The number of hydrogen-bond acceptors (Lipinski definition) is 6. The van der Waals surface area contributed by atoms with Crippen molar-refractivity contribution in [3.63, 3.8) is 0 Å². The first kappa shape index (κ1) is 22.2. The van der Waals surface area contributed by atoms with Gasteiger partial charge in [0.2, 0.25) is 5.82 Å². The molecule has 4 rings (SSSR count). The third-order valence-electron chi connectivity index (χ3n) is 5.36. The van der Waals surface area contributed by atoms with Gasteiger partial charge in [-0.2, -0.15) is 18.3 Å². The van der Waals surface area contributed by atoms with Crippen molar-refractivity contribution in [3.8, 4) is 0 Å². The highest BCUT2D eigenvalue weighted by molar-refractivity contribution is 6.06. The van der Waals surface area contributed by atoms with Crippen LogP contribution < -0.4 is 5.32 Å². The molecule has 1 atom stereocenters. The van der Waals surface area contributed by atoms with Crippen molar-refractivity contribution in [1.29, 1.82) is 0 Å². The fraction of sp³-hybridized carbons (Fsp3) is 0.429. The first-order valence-electron chi connectivity index (χ1n) is 10.2. The van der Waals surface area contributed by atoms with Gasteiger partial charge in [0.05, 0.1) is 31.5 Å². The van der Waals surface area contributed by atoms with E-state index in [9.17, 15) is 18.0 Å². The van der Waals surface area contributed by atoms with E-state index >= 15 is 0 Å². The summed E-state index contributed by atoms with van der Waals surface area (Å²) in [6, 6.07) is 7.47. The number of nitrogens with zero attached hydrogens (tertiary/aromatic N) is 5. The number of carbonyl (C=O) groups excluding carboxylic acids is 1. The predicted molar refractivity (Wildman–Crippen MR) is 110 cm³/mol. The minimum Gasteiger partial charge on any atom is -0.379 e. The summed E-state index contributed by atoms with van der Waals surface area (Å²) in [5.41, 5.74) is 3.24. The highest BCUT2D eigenvalue weighted by Gasteiger charge is 2.36. The summed E-state index contributed by atoms with van der Waals surface area (Å²) < 4.78 is 43.2. The topological polar surface area (TPSA) is 83.0 Å². The number of amides is 2. The van der Waals surface area contributed by atoms with Crippen LogP contribution in [0.25, 0.3) is 0 Å². The first-order valence-corrected chi connectivity index (χ1v) is 10.2. The quantitative estimate of drug-likeness (QED) is 0.777. The van der Waals surface area contributed by atoms with Crippen LogP contribution >= 0.6 is 0 Å². The normalized spacial score (nSPS) is 19.7. The number of benzene rings is 1. The minimum atomic E-state index is -4.60. The summed E-state index contributed by atoms with van der Waals surface area (Å²) in [5, 5.41) is 8.62. The Hall–Kier alpha value is -3.05. The number of carbonyl (C=O) groups is 1. The number of ether oxygens (including phenoxy) is 1. The van der Waals surface area contributed by atoms with Gasteiger partial charge in [0.15, 0.2) is 0 Å². The molecule has 0 spiro atoms. The third kappa shape index (κ3) is 5.05. The number of aromatic nitrogens is 2. The number of rotatable bonds is 4. The van der Waals surface area contributed by atoms with Crippen LogP contribution in [-0.2, 0) is 17.5 Å². The lowest BCUT2D eigenvalue weighted by molar-refractivity contribution is -0.145. The van der Waals surface area contributed by atoms with E-state index in [1.165, 1.54) is 5.01 Å². The van der Waals surface area contributed by atoms with Crippen LogP contribution in [0.15, 0.2) is 41.8 Å². The third-order valence-corrected chi connectivity index (χ3v) is 5.36. The molecule has 1 saturated heterocycles. The Morgan fingerprint density at radius 3 is 2.44 bits per heavy atom. The monoisotopic (exact) mass is 448 g/mol. The molecule has 2 aliphatic heterocycles. The maximum atomic E-state index is 12.7. The van der Waals surface area contributed by atoms with Crippen molar-refractivity contribution in [1.82, 2.24) is 25.2 Å². The molecule has 0 bridgehead atoms. The highest BCUT2D eigenvalue weighted by Crippen LogP contribution is 2.25. The van der Waals surface area contributed by atoms with Crippen LogP contribution in [-0.4, -0.2) is 70.5 Å². The summed E-state index contributed by atoms with van der Waals surface area (Å²) in [7, 11) is 0. The summed E-state index contributed by atoms with van der Waals surface area (Å²) in [5.74, 6) is -1.21. The molecule has 32 heavy (non-hydrogen) atoms. The van der Waals surface area contributed by atoms with Crippen molar-refractivity contribution in [3.05, 3.63) is 59.2 Å². The molecule has 1 aromatic carbocycles. The second kappa shape index (κ2) is 9.21. The average molecular weight is 448 g/mol. The summed E-state index contributed by atoms with van der Waals surface area (Å²) in [4.78, 5) is 21.6. The van der Waals surface area contributed by atoms with Gasteiger partial charge in [-0.25, -0.2) is 19.8 Å². The van der Waals surface area contributed by atoms with Crippen LogP contribution in [0.5, 0.6) is 0 Å². The highest BCUT2D eigenvalue weighted by atomic mass is 19.4. The van der Waals surface area contributed by atoms with Gasteiger partial charge in [-0.3, -0.25) is 4.90 Å². The predicted octanol–water partition coefficient (Wildman–Crippen LogP) is 2.43. The molecule has 2 aromatic rings. The van der Waals surface area contributed by atoms with Gasteiger partial charge in [0.25, 0.3) is 0 Å². The molecular formula is C21H23F3N6O2. The lowest BCUT2D eigenvalue weighted by atomic mass is 10.0. The molecule has 0 aliphatic carbocycles. The Bertz CT molecular complexity index is 973. The number of aryl methyl sites for hydroxylation is 1. The van der Waals surface area contributed by atoms with Gasteiger partial charge >= 0.3 is 12.2 Å². The van der Waals surface area contributed by atoms with E-state index in [4.69, 9.17) is 4.74 Å². The van der Waals surface area contributed by atoms with E-state index in [2.05, 4.69) is 25.3 Å². The van der Waals surface area contributed by atoms with E-state index in [-0.39, 0.29) is 12.6 Å². The first-order chi connectivity index (χ1) is 15.3. The van der Waals surface area contributed by atoms with Gasteiger partial charge in [0, 0.05) is 37.6 Å². The Labute approximate surface area is 183 Å². The number of urea groups is 1. The zero-order valence-corrected chi connectivity index (χ0v) is 17.5. The fourth-order valence-corrected chi connectivity index (χ4v) is 3.63. The lowest BCUT2D eigenvalue weighted by Crippen LogP contribution is -2.49. The van der Waals surface area contributed by atoms with E-state index in [1.807, 2.05) is 31.2 Å². The maximum absolute atomic E-state index is 12.7.